The fraction of sp³-hybridized carbons (Fsp3) is 0.917. The molecule has 0 heterocycles. The van der Waals surface area contributed by atoms with E-state index in [0.29, 0.717) is 6.42 Å². The maximum atomic E-state index is 12.3. The average Bonchev–Trinajstić information content (AvgIpc) is 2.47. The molecule has 138 valence electrons. The molecule has 0 aliphatic carbocycles. The number of thiol groups is 1. The van der Waals surface area contributed by atoms with Gasteiger partial charge in [-0.05, 0) is 6.42 Å². The SMILES string of the molecule is CCCN(CCS(C)(=O)=O)C(=O)C(O)(S)C(O)C(O)C(O)CO. The number of aliphatic hydroxyl groups is 5. The van der Waals surface area contributed by atoms with Gasteiger partial charge in [0.2, 0.25) is 4.93 Å². The van der Waals surface area contributed by atoms with Crippen LogP contribution in [0.3, 0.4) is 0 Å². The van der Waals surface area contributed by atoms with Gasteiger partial charge >= 0.3 is 0 Å². The molecule has 0 spiro atoms. The Morgan fingerprint density at radius 3 is 2.17 bits per heavy atom. The van der Waals surface area contributed by atoms with E-state index in [4.69, 9.17) is 5.11 Å². The maximum absolute atomic E-state index is 12.3. The van der Waals surface area contributed by atoms with E-state index in [0.717, 1.165) is 11.2 Å². The van der Waals surface area contributed by atoms with Crippen LogP contribution in [-0.4, -0.2) is 99.7 Å². The number of amides is 1. The Morgan fingerprint density at radius 2 is 1.78 bits per heavy atom. The van der Waals surface area contributed by atoms with Gasteiger partial charge in [-0.15, -0.1) is 12.6 Å². The molecule has 0 saturated carbocycles. The summed E-state index contributed by atoms with van der Waals surface area (Å²) >= 11 is 3.66. The number of aliphatic hydroxyl groups excluding tert-OH is 4. The van der Waals surface area contributed by atoms with Crippen molar-refractivity contribution in [2.75, 3.05) is 31.7 Å². The van der Waals surface area contributed by atoms with E-state index < -0.39 is 45.6 Å². The summed E-state index contributed by atoms with van der Waals surface area (Å²) < 4.78 is 22.4. The van der Waals surface area contributed by atoms with E-state index >= 15 is 0 Å². The second-order valence-corrected chi connectivity index (χ2v) is 8.28. The van der Waals surface area contributed by atoms with Crippen molar-refractivity contribution in [2.24, 2.45) is 0 Å². The Kier molecular flexibility index (Phi) is 8.99. The van der Waals surface area contributed by atoms with Crippen LogP contribution in [0.5, 0.6) is 0 Å². The average molecular weight is 375 g/mol. The zero-order valence-electron chi connectivity index (χ0n) is 13.0. The van der Waals surface area contributed by atoms with Crippen LogP contribution in [0.15, 0.2) is 0 Å². The van der Waals surface area contributed by atoms with Crippen molar-refractivity contribution in [1.29, 1.82) is 0 Å². The Labute approximate surface area is 140 Å². The van der Waals surface area contributed by atoms with Crippen molar-refractivity contribution >= 4 is 28.4 Å². The first-order valence-electron chi connectivity index (χ1n) is 6.95. The molecule has 4 atom stereocenters. The van der Waals surface area contributed by atoms with Gasteiger partial charge in [-0.2, -0.15) is 0 Å². The van der Waals surface area contributed by atoms with E-state index in [-0.39, 0.29) is 18.8 Å². The Morgan fingerprint density at radius 1 is 1.26 bits per heavy atom. The predicted molar refractivity (Wildman–Crippen MR) is 85.6 cm³/mol. The highest BCUT2D eigenvalue weighted by atomic mass is 32.2. The number of hydrogen-bond donors (Lipinski definition) is 6. The van der Waals surface area contributed by atoms with Crippen LogP contribution in [0.25, 0.3) is 0 Å². The number of rotatable bonds is 10. The van der Waals surface area contributed by atoms with Crippen LogP contribution < -0.4 is 0 Å². The fourth-order valence-corrected chi connectivity index (χ4v) is 2.62. The third kappa shape index (κ3) is 6.91. The first-order chi connectivity index (χ1) is 10.4. The van der Waals surface area contributed by atoms with Gasteiger partial charge in [0.1, 0.15) is 28.1 Å². The molecule has 0 radical (unpaired) electrons. The third-order valence-electron chi connectivity index (χ3n) is 3.14. The molecular formula is C12H25NO8S2. The van der Waals surface area contributed by atoms with Crippen LogP contribution in [0.1, 0.15) is 13.3 Å². The minimum Gasteiger partial charge on any atom is -0.394 e. The second kappa shape index (κ2) is 9.16. The summed E-state index contributed by atoms with van der Waals surface area (Å²) in [5, 5.41) is 47.6. The van der Waals surface area contributed by atoms with Gasteiger partial charge < -0.3 is 30.4 Å². The lowest BCUT2D eigenvalue weighted by molar-refractivity contribution is -0.164. The van der Waals surface area contributed by atoms with E-state index in [9.17, 15) is 33.6 Å². The number of carbonyl (C=O) groups is 1. The standard InChI is InChI=1S/C12H25NO8S2/c1-3-4-13(5-6-23(2,20)21)11(18)12(19,22)10(17)9(16)8(15)7-14/h8-10,14-17,19,22H,3-7H2,1-2H3. The largest absolute Gasteiger partial charge is 0.394 e. The molecule has 0 saturated heterocycles. The smallest absolute Gasteiger partial charge is 0.267 e. The summed E-state index contributed by atoms with van der Waals surface area (Å²) in [6.07, 6.45) is -4.56. The molecular weight excluding hydrogens is 350 g/mol. The fourth-order valence-electron chi connectivity index (χ4n) is 1.78. The topological polar surface area (TPSA) is 156 Å². The number of sulfone groups is 1. The van der Waals surface area contributed by atoms with Gasteiger partial charge in [-0.1, -0.05) is 6.92 Å². The summed E-state index contributed by atoms with van der Waals surface area (Å²) in [7, 11) is -3.36. The van der Waals surface area contributed by atoms with Crippen molar-refractivity contribution in [3.63, 3.8) is 0 Å². The van der Waals surface area contributed by atoms with E-state index in [1.54, 1.807) is 6.92 Å². The van der Waals surface area contributed by atoms with Crippen molar-refractivity contribution in [1.82, 2.24) is 4.90 Å². The van der Waals surface area contributed by atoms with Crippen molar-refractivity contribution in [2.45, 2.75) is 36.6 Å². The minimum absolute atomic E-state index is 0.0998. The van der Waals surface area contributed by atoms with Crippen LogP contribution in [0.2, 0.25) is 0 Å². The molecule has 0 aromatic heterocycles. The first kappa shape index (κ1) is 22.6. The maximum Gasteiger partial charge on any atom is 0.267 e. The van der Waals surface area contributed by atoms with Crippen LogP contribution in [0, 0.1) is 0 Å². The highest BCUT2D eigenvalue weighted by Crippen LogP contribution is 2.23. The molecule has 1 amide bonds. The molecule has 0 aromatic rings. The molecule has 11 heteroatoms. The van der Waals surface area contributed by atoms with E-state index in [1.165, 1.54) is 0 Å². The molecule has 0 rings (SSSR count). The lowest BCUT2D eigenvalue weighted by atomic mass is 10.0. The molecule has 0 bridgehead atoms. The monoisotopic (exact) mass is 375 g/mol. The number of carbonyl (C=O) groups excluding carboxylic acids is 1. The summed E-state index contributed by atoms with van der Waals surface area (Å²) in [6, 6.07) is 0. The van der Waals surface area contributed by atoms with E-state index in [2.05, 4.69) is 12.6 Å². The Balaban J connectivity index is 5.21. The second-order valence-electron chi connectivity index (χ2n) is 5.33. The zero-order chi connectivity index (χ0) is 18.4. The van der Waals surface area contributed by atoms with Crippen molar-refractivity contribution < 1.29 is 38.7 Å². The van der Waals surface area contributed by atoms with Crippen LogP contribution in [-0.2, 0) is 14.6 Å². The predicted octanol–water partition coefficient (Wildman–Crippen LogP) is -3.04. The van der Waals surface area contributed by atoms with Gasteiger partial charge in [0.05, 0.1) is 12.4 Å². The van der Waals surface area contributed by atoms with Crippen LogP contribution in [0.4, 0.5) is 0 Å². The molecule has 0 aliphatic heterocycles. The molecule has 4 unspecified atom stereocenters. The quantitative estimate of drug-likeness (QED) is 0.174. The van der Waals surface area contributed by atoms with Crippen LogP contribution >= 0.6 is 12.6 Å². The summed E-state index contributed by atoms with van der Waals surface area (Å²) in [4.78, 5) is 10.6. The molecule has 23 heavy (non-hydrogen) atoms. The normalized spacial score (nSPS) is 18.8. The lowest BCUT2D eigenvalue weighted by Gasteiger charge is -2.35. The Hall–Kier alpha value is -0.430. The zero-order valence-corrected chi connectivity index (χ0v) is 14.7. The molecule has 5 N–H and O–H groups in total. The highest BCUT2D eigenvalue weighted by Gasteiger charge is 2.47. The first-order valence-corrected chi connectivity index (χ1v) is 9.46. The Bertz CT molecular complexity index is 481. The van der Waals surface area contributed by atoms with E-state index in [1.807, 2.05) is 0 Å². The van der Waals surface area contributed by atoms with Gasteiger partial charge in [0.25, 0.3) is 5.91 Å². The number of hydrogen-bond acceptors (Lipinski definition) is 9. The van der Waals surface area contributed by atoms with Gasteiger partial charge in [-0.25, -0.2) is 8.42 Å². The summed E-state index contributed by atoms with van der Waals surface area (Å²) in [5.41, 5.74) is 0. The number of nitrogens with zero attached hydrogens (tertiary/aromatic N) is 1. The molecule has 0 aromatic carbocycles. The summed E-state index contributed by atoms with van der Waals surface area (Å²) in [6.45, 7) is 0.699. The minimum atomic E-state index is -3.36. The van der Waals surface area contributed by atoms with Crippen molar-refractivity contribution in [3.8, 4) is 0 Å². The van der Waals surface area contributed by atoms with Gasteiger partial charge in [-0.3, -0.25) is 4.79 Å². The van der Waals surface area contributed by atoms with Gasteiger partial charge in [0, 0.05) is 19.3 Å². The summed E-state index contributed by atoms with van der Waals surface area (Å²) in [5.74, 6) is -1.46. The molecule has 0 fully saturated rings. The molecule has 0 aliphatic rings. The van der Waals surface area contributed by atoms with Crippen molar-refractivity contribution in [3.05, 3.63) is 0 Å². The highest BCUT2D eigenvalue weighted by molar-refractivity contribution is 7.90. The lowest BCUT2D eigenvalue weighted by Crippen LogP contribution is -2.59. The van der Waals surface area contributed by atoms with Gasteiger partial charge in [0.15, 0.2) is 0 Å². The third-order valence-corrected chi connectivity index (χ3v) is 4.52. The molecule has 9 nitrogen and oxygen atoms in total.